The lowest BCUT2D eigenvalue weighted by Crippen LogP contribution is -2.30. The second-order valence-corrected chi connectivity index (χ2v) is 3.29. The zero-order valence-corrected chi connectivity index (χ0v) is 8.68. The normalized spacial score (nSPS) is 12.1. The molecule has 1 aromatic rings. The van der Waals surface area contributed by atoms with Gasteiger partial charge in [0.25, 0.3) is 5.56 Å². The highest BCUT2D eigenvalue weighted by Crippen LogP contribution is 2.04. The average Bonchev–Trinajstić information content (AvgIpc) is 2.21. The van der Waals surface area contributed by atoms with E-state index in [9.17, 15) is 9.59 Å². The minimum Gasteiger partial charge on any atom is -0.376 e. The van der Waals surface area contributed by atoms with E-state index in [0.29, 0.717) is 0 Å². The maximum atomic E-state index is 11.4. The van der Waals surface area contributed by atoms with Crippen molar-refractivity contribution < 1.29 is 0 Å². The predicted molar refractivity (Wildman–Crippen MR) is 58.9 cm³/mol. The van der Waals surface area contributed by atoms with Gasteiger partial charge in [-0.2, -0.15) is 0 Å². The number of nitrogens with one attached hydrogen (secondary N) is 4. The lowest BCUT2D eigenvalue weighted by Gasteiger charge is -2.13. The van der Waals surface area contributed by atoms with Gasteiger partial charge in [0.15, 0.2) is 0 Å². The summed E-state index contributed by atoms with van der Waals surface area (Å²) in [5.41, 5.74) is -0.672. The van der Waals surface area contributed by atoms with E-state index in [1.165, 1.54) is 0 Å². The lowest BCUT2D eigenvalue weighted by molar-refractivity contribution is 0.759. The summed E-state index contributed by atoms with van der Waals surface area (Å²) in [5, 5.41) is 10.0. The number of hydrogen-bond acceptors (Lipinski definition) is 4. The Morgan fingerprint density at radius 3 is 2.67 bits per heavy atom. The molecule has 0 spiro atoms. The summed E-state index contributed by atoms with van der Waals surface area (Å²) >= 11 is 0. The van der Waals surface area contributed by atoms with Crippen LogP contribution >= 0.6 is 0 Å². The van der Waals surface area contributed by atoms with E-state index >= 15 is 0 Å². The summed E-state index contributed by atoms with van der Waals surface area (Å²) < 4.78 is 0. The molecule has 6 heteroatoms. The smallest absolute Gasteiger partial charge is 0.326 e. The monoisotopic (exact) mass is 210 g/mol. The van der Waals surface area contributed by atoms with Gasteiger partial charge in [-0.3, -0.25) is 9.78 Å². The van der Waals surface area contributed by atoms with E-state index < -0.39 is 11.2 Å². The molecule has 0 fully saturated rings. The first kappa shape index (κ1) is 11.2. The summed E-state index contributed by atoms with van der Waals surface area (Å²) in [5.74, 6) is 0. The highest BCUT2D eigenvalue weighted by atomic mass is 16.2. The quantitative estimate of drug-likeness (QED) is 0.536. The Bertz CT molecular complexity index is 460. The maximum absolute atomic E-state index is 11.4. The lowest BCUT2D eigenvalue weighted by atomic mass is 10.2. The van der Waals surface area contributed by atoms with Crippen molar-refractivity contribution >= 4 is 11.9 Å². The van der Waals surface area contributed by atoms with Gasteiger partial charge in [0.05, 0.1) is 5.69 Å². The standard InChI is InChI=1S/C9H14N4O2/c1-3-5(2)11-7-6(4-10)12-9(15)13-8(7)14/h4-5,10-11H,3H2,1-2H3,(H2,12,13,14,15). The fourth-order valence-electron chi connectivity index (χ4n) is 1.10. The van der Waals surface area contributed by atoms with Crippen molar-refractivity contribution in [3.8, 4) is 0 Å². The first-order valence-corrected chi connectivity index (χ1v) is 4.72. The molecule has 1 heterocycles. The highest BCUT2D eigenvalue weighted by Gasteiger charge is 2.09. The van der Waals surface area contributed by atoms with Gasteiger partial charge < -0.3 is 15.7 Å². The second kappa shape index (κ2) is 4.59. The highest BCUT2D eigenvalue weighted by molar-refractivity contribution is 5.82. The topological polar surface area (TPSA) is 102 Å². The molecule has 1 rings (SSSR count). The Hall–Kier alpha value is -1.85. The molecule has 0 aliphatic carbocycles. The third-order valence-corrected chi connectivity index (χ3v) is 2.12. The van der Waals surface area contributed by atoms with Crippen LogP contribution in [0.5, 0.6) is 0 Å². The van der Waals surface area contributed by atoms with Crippen molar-refractivity contribution in [3.63, 3.8) is 0 Å². The molecule has 1 aromatic heterocycles. The van der Waals surface area contributed by atoms with Gasteiger partial charge in [0, 0.05) is 12.3 Å². The van der Waals surface area contributed by atoms with Crippen molar-refractivity contribution in [2.45, 2.75) is 26.3 Å². The van der Waals surface area contributed by atoms with Gasteiger partial charge in [0.1, 0.15) is 5.69 Å². The van der Waals surface area contributed by atoms with Crippen LogP contribution < -0.4 is 16.6 Å². The molecular weight excluding hydrogens is 196 g/mol. The van der Waals surface area contributed by atoms with Crippen LogP contribution in [0.15, 0.2) is 9.59 Å². The maximum Gasteiger partial charge on any atom is 0.326 e. The fraction of sp³-hybridized carbons (Fsp3) is 0.444. The molecule has 0 bridgehead atoms. The molecule has 0 aliphatic rings. The van der Waals surface area contributed by atoms with Gasteiger partial charge in [-0.25, -0.2) is 4.79 Å². The molecule has 0 amide bonds. The van der Waals surface area contributed by atoms with Crippen LogP contribution in [0.2, 0.25) is 0 Å². The van der Waals surface area contributed by atoms with Crippen LogP contribution in [0, 0.1) is 5.41 Å². The number of aromatic nitrogens is 2. The number of H-pyrrole nitrogens is 2. The second-order valence-electron chi connectivity index (χ2n) is 3.29. The number of rotatable bonds is 4. The van der Waals surface area contributed by atoms with Crippen molar-refractivity contribution in [2.24, 2.45) is 0 Å². The van der Waals surface area contributed by atoms with Gasteiger partial charge >= 0.3 is 5.69 Å². The average molecular weight is 210 g/mol. The van der Waals surface area contributed by atoms with Crippen molar-refractivity contribution in [2.75, 3.05) is 5.32 Å². The molecule has 82 valence electrons. The van der Waals surface area contributed by atoms with Crippen molar-refractivity contribution in [3.05, 3.63) is 26.5 Å². The SMILES string of the molecule is CCC(C)Nc1c(C=N)[nH]c(=O)[nH]c1=O. The molecule has 1 atom stereocenters. The van der Waals surface area contributed by atoms with E-state index in [-0.39, 0.29) is 17.4 Å². The molecule has 4 N–H and O–H groups in total. The molecule has 15 heavy (non-hydrogen) atoms. The zero-order chi connectivity index (χ0) is 11.4. The predicted octanol–water partition coefficient (Wildman–Crippen LogP) is 0.271. The fourth-order valence-corrected chi connectivity index (χ4v) is 1.10. The molecule has 6 nitrogen and oxygen atoms in total. The molecule has 0 radical (unpaired) electrons. The van der Waals surface area contributed by atoms with E-state index in [0.717, 1.165) is 12.6 Å². The minimum atomic E-state index is -0.604. The Kier molecular flexibility index (Phi) is 3.43. The van der Waals surface area contributed by atoms with Gasteiger partial charge in [-0.05, 0) is 13.3 Å². The van der Waals surface area contributed by atoms with E-state index in [1.807, 2.05) is 13.8 Å². The third kappa shape index (κ3) is 2.55. The molecule has 0 aromatic carbocycles. The van der Waals surface area contributed by atoms with Gasteiger partial charge in [0.2, 0.25) is 0 Å². The first-order chi connectivity index (χ1) is 7.08. The Balaban J connectivity index is 3.21. The van der Waals surface area contributed by atoms with Crippen LogP contribution in [-0.4, -0.2) is 22.2 Å². The van der Waals surface area contributed by atoms with Crippen molar-refractivity contribution in [1.82, 2.24) is 9.97 Å². The largest absolute Gasteiger partial charge is 0.376 e. The van der Waals surface area contributed by atoms with Gasteiger partial charge in [-0.1, -0.05) is 6.92 Å². The van der Waals surface area contributed by atoms with E-state index in [1.54, 1.807) is 0 Å². The number of hydrogen-bond donors (Lipinski definition) is 4. The Morgan fingerprint density at radius 1 is 1.47 bits per heavy atom. The third-order valence-electron chi connectivity index (χ3n) is 2.12. The summed E-state index contributed by atoms with van der Waals surface area (Å²) in [6.45, 7) is 3.89. The zero-order valence-electron chi connectivity index (χ0n) is 8.68. The summed E-state index contributed by atoms with van der Waals surface area (Å²) in [6.07, 6.45) is 1.79. The summed E-state index contributed by atoms with van der Waals surface area (Å²) in [6, 6.07) is 0.107. The minimum absolute atomic E-state index is 0.107. The van der Waals surface area contributed by atoms with Gasteiger partial charge in [-0.15, -0.1) is 0 Å². The molecule has 0 aliphatic heterocycles. The molecule has 1 unspecified atom stereocenters. The summed E-state index contributed by atoms with van der Waals surface area (Å²) in [4.78, 5) is 26.9. The first-order valence-electron chi connectivity index (χ1n) is 4.72. The van der Waals surface area contributed by atoms with Crippen LogP contribution in [0.4, 0.5) is 5.69 Å². The summed E-state index contributed by atoms with van der Waals surface area (Å²) in [7, 11) is 0. The number of anilines is 1. The molecule has 0 saturated heterocycles. The number of aromatic amines is 2. The van der Waals surface area contributed by atoms with E-state index in [2.05, 4.69) is 15.3 Å². The Morgan fingerprint density at radius 2 is 2.13 bits per heavy atom. The van der Waals surface area contributed by atoms with Crippen LogP contribution in [0.25, 0.3) is 0 Å². The van der Waals surface area contributed by atoms with Crippen LogP contribution in [-0.2, 0) is 0 Å². The molecule has 0 saturated carbocycles. The Labute approximate surface area is 86.3 Å². The van der Waals surface area contributed by atoms with Crippen molar-refractivity contribution in [1.29, 1.82) is 5.41 Å². The van der Waals surface area contributed by atoms with E-state index in [4.69, 9.17) is 5.41 Å². The van der Waals surface area contributed by atoms with Crippen LogP contribution in [0.3, 0.4) is 0 Å². The molecular formula is C9H14N4O2. The van der Waals surface area contributed by atoms with Crippen LogP contribution in [0.1, 0.15) is 26.0 Å².